The molecule has 1 amide bonds. The number of hydrogen-bond donors (Lipinski definition) is 2. The number of carbonyl (C=O) groups is 1. The van der Waals surface area contributed by atoms with Gasteiger partial charge in [0.2, 0.25) is 5.91 Å². The van der Waals surface area contributed by atoms with Crippen LogP contribution in [0, 0.1) is 12.8 Å². The summed E-state index contributed by atoms with van der Waals surface area (Å²) in [5.41, 5.74) is 3.34. The molecule has 0 radical (unpaired) electrons. The Morgan fingerprint density at radius 1 is 1.33 bits per heavy atom. The molecule has 0 aromatic heterocycles. The van der Waals surface area contributed by atoms with Crippen LogP contribution in [0.4, 0.5) is 5.69 Å². The topological polar surface area (TPSA) is 50.4 Å². The Bertz CT molecular complexity index is 499. The van der Waals surface area contributed by atoms with Crippen molar-refractivity contribution < 1.29 is 9.53 Å². The average molecular weight is 246 g/mol. The first-order chi connectivity index (χ1) is 8.72. The predicted molar refractivity (Wildman–Crippen MR) is 70.1 cm³/mol. The van der Waals surface area contributed by atoms with Crippen molar-refractivity contribution in [1.29, 1.82) is 0 Å². The van der Waals surface area contributed by atoms with Crippen molar-refractivity contribution in [3.8, 4) is 5.75 Å². The van der Waals surface area contributed by atoms with Crippen molar-refractivity contribution in [2.45, 2.75) is 19.3 Å². The fourth-order valence-electron chi connectivity index (χ4n) is 3.17. The molecule has 1 aromatic rings. The Morgan fingerprint density at radius 3 is 2.94 bits per heavy atom. The molecule has 1 aromatic carbocycles. The molecule has 0 aliphatic carbocycles. The quantitative estimate of drug-likeness (QED) is 0.792. The van der Waals surface area contributed by atoms with E-state index in [0.29, 0.717) is 0 Å². The summed E-state index contributed by atoms with van der Waals surface area (Å²) in [6, 6.07) is 3.99. The zero-order valence-corrected chi connectivity index (χ0v) is 10.7. The molecular weight excluding hydrogens is 228 g/mol. The second-order valence-corrected chi connectivity index (χ2v) is 5.07. The summed E-state index contributed by atoms with van der Waals surface area (Å²) in [7, 11) is 1.64. The summed E-state index contributed by atoms with van der Waals surface area (Å²) >= 11 is 0. The third-order valence-electron chi connectivity index (χ3n) is 4.08. The lowest BCUT2D eigenvalue weighted by molar-refractivity contribution is -0.121. The predicted octanol–water partition coefficient (Wildman–Crippen LogP) is 1.65. The van der Waals surface area contributed by atoms with E-state index in [0.717, 1.165) is 30.9 Å². The Morgan fingerprint density at radius 2 is 2.17 bits per heavy atom. The first-order valence-electron chi connectivity index (χ1n) is 6.41. The Kier molecular flexibility index (Phi) is 2.74. The molecular formula is C14H18N2O2. The van der Waals surface area contributed by atoms with Gasteiger partial charge in [-0.3, -0.25) is 4.79 Å². The molecule has 1 fully saturated rings. The molecule has 4 nitrogen and oxygen atoms in total. The number of ether oxygens (including phenoxy) is 1. The fourth-order valence-corrected chi connectivity index (χ4v) is 3.17. The molecule has 18 heavy (non-hydrogen) atoms. The first kappa shape index (κ1) is 11.5. The Labute approximate surface area is 107 Å². The highest BCUT2D eigenvalue weighted by atomic mass is 16.5. The Balaban J connectivity index is 2.15. The number of piperidine rings is 1. The molecule has 2 N–H and O–H groups in total. The maximum Gasteiger partial charge on any atom is 0.228 e. The van der Waals surface area contributed by atoms with Crippen LogP contribution < -0.4 is 15.4 Å². The molecule has 96 valence electrons. The van der Waals surface area contributed by atoms with Crippen LogP contribution in [0.5, 0.6) is 5.75 Å². The Hall–Kier alpha value is -1.55. The summed E-state index contributed by atoms with van der Waals surface area (Å²) in [4.78, 5) is 12.2. The van der Waals surface area contributed by atoms with Crippen molar-refractivity contribution in [1.82, 2.24) is 5.32 Å². The molecule has 2 unspecified atom stereocenters. The molecule has 2 aliphatic rings. The van der Waals surface area contributed by atoms with Crippen LogP contribution in [-0.2, 0) is 4.79 Å². The molecule has 2 atom stereocenters. The van der Waals surface area contributed by atoms with Gasteiger partial charge in [-0.15, -0.1) is 0 Å². The van der Waals surface area contributed by atoms with Gasteiger partial charge in [0, 0.05) is 18.4 Å². The molecule has 0 bridgehead atoms. The van der Waals surface area contributed by atoms with Gasteiger partial charge < -0.3 is 15.4 Å². The second kappa shape index (κ2) is 4.28. The van der Waals surface area contributed by atoms with Gasteiger partial charge in [-0.1, -0.05) is 6.07 Å². The number of methoxy groups -OCH3 is 1. The van der Waals surface area contributed by atoms with Gasteiger partial charge in [-0.05, 0) is 37.1 Å². The van der Waals surface area contributed by atoms with Crippen molar-refractivity contribution in [2.75, 3.05) is 25.5 Å². The molecule has 0 spiro atoms. The largest absolute Gasteiger partial charge is 0.495 e. The van der Waals surface area contributed by atoms with Crippen LogP contribution in [0.3, 0.4) is 0 Å². The van der Waals surface area contributed by atoms with Crippen LogP contribution in [0.2, 0.25) is 0 Å². The molecule has 0 saturated carbocycles. The number of nitrogens with one attached hydrogen (secondary N) is 2. The minimum atomic E-state index is 0.101. The molecule has 4 heteroatoms. The maximum atomic E-state index is 12.2. The number of fused-ring (bicyclic) bond motifs is 3. The van der Waals surface area contributed by atoms with Gasteiger partial charge in [0.15, 0.2) is 0 Å². The summed E-state index contributed by atoms with van der Waals surface area (Å²) in [6.07, 6.45) is 0.909. The van der Waals surface area contributed by atoms with Gasteiger partial charge in [0.1, 0.15) is 5.75 Å². The van der Waals surface area contributed by atoms with Crippen molar-refractivity contribution in [3.05, 3.63) is 23.3 Å². The lowest BCUT2D eigenvalue weighted by Crippen LogP contribution is -2.44. The summed E-state index contributed by atoms with van der Waals surface area (Å²) < 4.78 is 5.36. The van der Waals surface area contributed by atoms with E-state index in [-0.39, 0.29) is 17.7 Å². The number of rotatable bonds is 1. The highest BCUT2D eigenvalue weighted by Gasteiger charge is 2.39. The van der Waals surface area contributed by atoms with Crippen LogP contribution in [0.1, 0.15) is 23.5 Å². The summed E-state index contributed by atoms with van der Waals surface area (Å²) in [5, 5.41) is 6.42. The minimum Gasteiger partial charge on any atom is -0.495 e. The van der Waals surface area contributed by atoms with Crippen LogP contribution >= 0.6 is 0 Å². The van der Waals surface area contributed by atoms with Crippen molar-refractivity contribution in [2.24, 2.45) is 5.92 Å². The monoisotopic (exact) mass is 246 g/mol. The summed E-state index contributed by atoms with van der Waals surface area (Å²) in [5.74, 6) is 1.27. The lowest BCUT2D eigenvalue weighted by Gasteiger charge is -2.38. The third kappa shape index (κ3) is 1.60. The van der Waals surface area contributed by atoms with Crippen molar-refractivity contribution in [3.63, 3.8) is 0 Å². The molecule has 3 rings (SSSR count). The van der Waals surface area contributed by atoms with E-state index in [2.05, 4.69) is 23.6 Å². The zero-order chi connectivity index (χ0) is 12.7. The van der Waals surface area contributed by atoms with E-state index >= 15 is 0 Å². The maximum absolute atomic E-state index is 12.2. The van der Waals surface area contributed by atoms with Gasteiger partial charge in [-0.2, -0.15) is 0 Å². The van der Waals surface area contributed by atoms with E-state index in [1.807, 2.05) is 6.07 Å². The van der Waals surface area contributed by atoms with Gasteiger partial charge in [0.25, 0.3) is 0 Å². The molecule has 2 aliphatic heterocycles. The van der Waals surface area contributed by atoms with E-state index in [1.165, 1.54) is 11.1 Å². The average Bonchev–Trinajstić information content (AvgIpc) is 2.39. The van der Waals surface area contributed by atoms with E-state index in [1.54, 1.807) is 7.11 Å². The third-order valence-corrected chi connectivity index (χ3v) is 4.08. The normalized spacial score (nSPS) is 26.0. The second-order valence-electron chi connectivity index (χ2n) is 5.07. The summed E-state index contributed by atoms with van der Waals surface area (Å²) in [6.45, 7) is 3.90. The molecule has 2 heterocycles. The smallest absolute Gasteiger partial charge is 0.228 e. The number of aryl methyl sites for hydroxylation is 1. The SMILES string of the molecule is COc1ccc(C)c2c1NC(=O)C1CCNCC21. The van der Waals surface area contributed by atoms with Gasteiger partial charge in [-0.25, -0.2) is 0 Å². The standard InChI is InChI=1S/C14H18N2O2/c1-8-3-4-11(18-2)13-12(8)10-7-15-6-5-9(10)14(17)16-13/h3-4,9-10,15H,5-7H2,1-2H3,(H,16,17). The fraction of sp³-hybridized carbons (Fsp3) is 0.500. The van der Waals surface area contributed by atoms with Crippen LogP contribution in [-0.4, -0.2) is 26.1 Å². The number of anilines is 1. The van der Waals surface area contributed by atoms with Crippen LogP contribution in [0.25, 0.3) is 0 Å². The highest BCUT2D eigenvalue weighted by molar-refractivity contribution is 5.98. The number of hydrogen-bond acceptors (Lipinski definition) is 3. The van der Waals surface area contributed by atoms with Crippen LogP contribution in [0.15, 0.2) is 12.1 Å². The van der Waals surface area contributed by atoms with E-state index in [4.69, 9.17) is 4.74 Å². The zero-order valence-electron chi connectivity index (χ0n) is 10.7. The highest BCUT2D eigenvalue weighted by Crippen LogP contribution is 2.44. The lowest BCUT2D eigenvalue weighted by atomic mass is 9.76. The number of amides is 1. The minimum absolute atomic E-state index is 0.101. The first-order valence-corrected chi connectivity index (χ1v) is 6.41. The van der Waals surface area contributed by atoms with Crippen molar-refractivity contribution >= 4 is 11.6 Å². The van der Waals surface area contributed by atoms with Gasteiger partial charge in [0.05, 0.1) is 12.8 Å². The van der Waals surface area contributed by atoms with E-state index in [9.17, 15) is 4.79 Å². The van der Waals surface area contributed by atoms with Gasteiger partial charge >= 0.3 is 0 Å². The van der Waals surface area contributed by atoms with E-state index < -0.39 is 0 Å². The number of carbonyl (C=O) groups excluding carboxylic acids is 1. The molecule has 1 saturated heterocycles. The number of benzene rings is 1.